The Morgan fingerprint density at radius 3 is 2.83 bits per heavy atom. The number of hydrogen-bond acceptors (Lipinski definition) is 3. The van der Waals surface area contributed by atoms with Crippen molar-refractivity contribution in [2.45, 2.75) is 25.9 Å². The average molecular weight is 169 g/mol. The van der Waals surface area contributed by atoms with Crippen molar-refractivity contribution in [1.29, 1.82) is 0 Å². The molecule has 0 aliphatic carbocycles. The molecule has 4 nitrogen and oxygen atoms in total. The van der Waals surface area contributed by atoms with Gasteiger partial charge in [0.2, 0.25) is 0 Å². The summed E-state index contributed by atoms with van der Waals surface area (Å²) in [6.07, 6.45) is 2.82. The Balaban J connectivity index is 2.80. The molecule has 0 saturated carbocycles. The van der Waals surface area contributed by atoms with Gasteiger partial charge in [0.1, 0.15) is 5.82 Å². The molecule has 0 amide bonds. The Bertz CT molecular complexity index is 257. The Hall–Kier alpha value is -1.03. The van der Waals surface area contributed by atoms with Crippen LogP contribution < -0.4 is 5.73 Å². The summed E-state index contributed by atoms with van der Waals surface area (Å²) in [5, 5.41) is 13.5. The lowest BCUT2D eigenvalue weighted by molar-refractivity contribution is 0.167. The standard InChI is InChI=1S/C8H15N3O/c1-3-4-7(12)6-5-10-11(2)8(6)9/h5,7,12H,3-4,9H2,1-2H3. The van der Waals surface area contributed by atoms with E-state index in [0.29, 0.717) is 5.82 Å². The van der Waals surface area contributed by atoms with Gasteiger partial charge in [-0.15, -0.1) is 0 Å². The van der Waals surface area contributed by atoms with E-state index in [9.17, 15) is 5.11 Å². The number of aliphatic hydroxyl groups is 1. The van der Waals surface area contributed by atoms with Gasteiger partial charge in [0.25, 0.3) is 0 Å². The highest BCUT2D eigenvalue weighted by molar-refractivity contribution is 5.39. The van der Waals surface area contributed by atoms with Crippen LogP contribution in [0.4, 0.5) is 5.82 Å². The number of anilines is 1. The van der Waals surface area contributed by atoms with Crippen LogP contribution in [-0.2, 0) is 7.05 Å². The van der Waals surface area contributed by atoms with Crippen LogP contribution in [0.3, 0.4) is 0 Å². The summed E-state index contributed by atoms with van der Waals surface area (Å²) in [6, 6.07) is 0. The Labute approximate surface area is 72.0 Å². The first-order valence-electron chi connectivity index (χ1n) is 4.12. The molecular weight excluding hydrogens is 154 g/mol. The third-order valence-electron chi connectivity index (χ3n) is 1.94. The number of hydrogen-bond donors (Lipinski definition) is 2. The summed E-state index contributed by atoms with van der Waals surface area (Å²) >= 11 is 0. The number of nitrogens with two attached hydrogens (primary N) is 1. The van der Waals surface area contributed by atoms with Gasteiger partial charge in [0.05, 0.1) is 12.3 Å². The maximum atomic E-state index is 9.58. The Morgan fingerprint density at radius 1 is 1.75 bits per heavy atom. The van der Waals surface area contributed by atoms with Gasteiger partial charge in [-0.2, -0.15) is 5.10 Å². The largest absolute Gasteiger partial charge is 0.388 e. The van der Waals surface area contributed by atoms with E-state index in [0.717, 1.165) is 18.4 Å². The minimum Gasteiger partial charge on any atom is -0.388 e. The molecular formula is C8H15N3O. The smallest absolute Gasteiger partial charge is 0.127 e. The number of nitrogens with zero attached hydrogens (tertiary/aromatic N) is 2. The van der Waals surface area contributed by atoms with Crippen molar-refractivity contribution in [2.24, 2.45) is 7.05 Å². The van der Waals surface area contributed by atoms with Gasteiger partial charge < -0.3 is 10.8 Å². The highest BCUT2D eigenvalue weighted by Gasteiger charge is 2.12. The average Bonchev–Trinajstić information content (AvgIpc) is 2.34. The van der Waals surface area contributed by atoms with E-state index in [-0.39, 0.29) is 0 Å². The maximum absolute atomic E-state index is 9.58. The quantitative estimate of drug-likeness (QED) is 0.704. The van der Waals surface area contributed by atoms with E-state index in [1.54, 1.807) is 17.9 Å². The maximum Gasteiger partial charge on any atom is 0.127 e. The van der Waals surface area contributed by atoms with Crippen molar-refractivity contribution in [3.05, 3.63) is 11.8 Å². The van der Waals surface area contributed by atoms with E-state index >= 15 is 0 Å². The zero-order valence-corrected chi connectivity index (χ0v) is 7.49. The SMILES string of the molecule is CCCC(O)c1cnn(C)c1N. The molecule has 0 aliphatic rings. The van der Waals surface area contributed by atoms with Crippen LogP contribution in [-0.4, -0.2) is 14.9 Å². The van der Waals surface area contributed by atoms with Crippen molar-refractivity contribution in [2.75, 3.05) is 5.73 Å². The monoisotopic (exact) mass is 169 g/mol. The van der Waals surface area contributed by atoms with E-state index in [1.165, 1.54) is 0 Å². The van der Waals surface area contributed by atoms with Crippen LogP contribution in [0.1, 0.15) is 31.4 Å². The predicted molar refractivity (Wildman–Crippen MR) is 47.5 cm³/mol. The zero-order valence-electron chi connectivity index (χ0n) is 7.49. The molecule has 4 heteroatoms. The third-order valence-corrected chi connectivity index (χ3v) is 1.94. The van der Waals surface area contributed by atoms with Crippen LogP contribution in [0.2, 0.25) is 0 Å². The summed E-state index contributed by atoms with van der Waals surface area (Å²) in [4.78, 5) is 0. The summed E-state index contributed by atoms with van der Waals surface area (Å²) in [5.74, 6) is 0.552. The molecule has 0 saturated heterocycles. The van der Waals surface area contributed by atoms with Crippen LogP contribution in [0, 0.1) is 0 Å². The molecule has 1 unspecified atom stereocenters. The van der Waals surface area contributed by atoms with Gasteiger partial charge in [-0.05, 0) is 6.42 Å². The first kappa shape index (κ1) is 9.06. The molecule has 1 aromatic heterocycles. The van der Waals surface area contributed by atoms with Crippen LogP contribution in [0.25, 0.3) is 0 Å². The van der Waals surface area contributed by atoms with Crippen molar-refractivity contribution < 1.29 is 5.11 Å². The predicted octanol–water partition coefficient (Wildman–Crippen LogP) is 0.836. The fourth-order valence-electron chi connectivity index (χ4n) is 1.15. The van der Waals surface area contributed by atoms with Gasteiger partial charge in [0, 0.05) is 12.6 Å². The minimum atomic E-state index is -0.469. The topological polar surface area (TPSA) is 64.1 Å². The molecule has 0 radical (unpaired) electrons. The number of nitrogen functional groups attached to an aromatic ring is 1. The molecule has 12 heavy (non-hydrogen) atoms. The second-order valence-corrected chi connectivity index (χ2v) is 2.91. The number of aryl methyl sites for hydroxylation is 1. The summed E-state index contributed by atoms with van der Waals surface area (Å²) in [7, 11) is 1.76. The van der Waals surface area contributed by atoms with E-state index in [1.807, 2.05) is 6.92 Å². The molecule has 68 valence electrons. The second kappa shape index (κ2) is 3.58. The highest BCUT2D eigenvalue weighted by Crippen LogP contribution is 2.22. The normalized spacial score (nSPS) is 13.2. The molecule has 0 aliphatic heterocycles. The Kier molecular flexibility index (Phi) is 2.70. The highest BCUT2D eigenvalue weighted by atomic mass is 16.3. The van der Waals surface area contributed by atoms with Gasteiger partial charge >= 0.3 is 0 Å². The lowest BCUT2D eigenvalue weighted by Crippen LogP contribution is -2.03. The van der Waals surface area contributed by atoms with Gasteiger partial charge in [-0.1, -0.05) is 13.3 Å². The van der Waals surface area contributed by atoms with E-state index < -0.39 is 6.10 Å². The first-order chi connectivity index (χ1) is 5.66. The number of rotatable bonds is 3. The first-order valence-corrected chi connectivity index (χ1v) is 4.12. The van der Waals surface area contributed by atoms with Crippen molar-refractivity contribution >= 4 is 5.82 Å². The minimum absolute atomic E-state index is 0.469. The van der Waals surface area contributed by atoms with Gasteiger partial charge in [-0.25, -0.2) is 0 Å². The Morgan fingerprint density at radius 2 is 2.42 bits per heavy atom. The fourth-order valence-corrected chi connectivity index (χ4v) is 1.15. The lowest BCUT2D eigenvalue weighted by atomic mass is 10.1. The number of aromatic nitrogens is 2. The van der Waals surface area contributed by atoms with Crippen molar-refractivity contribution in [3.8, 4) is 0 Å². The van der Waals surface area contributed by atoms with Crippen LogP contribution in [0.15, 0.2) is 6.20 Å². The molecule has 1 heterocycles. The van der Waals surface area contributed by atoms with Crippen LogP contribution >= 0.6 is 0 Å². The van der Waals surface area contributed by atoms with Crippen molar-refractivity contribution in [1.82, 2.24) is 9.78 Å². The fraction of sp³-hybridized carbons (Fsp3) is 0.625. The lowest BCUT2D eigenvalue weighted by Gasteiger charge is -2.07. The zero-order chi connectivity index (χ0) is 9.14. The summed E-state index contributed by atoms with van der Waals surface area (Å²) in [5.41, 5.74) is 6.41. The molecule has 0 spiro atoms. The summed E-state index contributed by atoms with van der Waals surface area (Å²) in [6.45, 7) is 2.02. The summed E-state index contributed by atoms with van der Waals surface area (Å²) < 4.78 is 1.56. The van der Waals surface area contributed by atoms with E-state index in [2.05, 4.69) is 5.10 Å². The molecule has 0 bridgehead atoms. The molecule has 0 fully saturated rings. The molecule has 3 N–H and O–H groups in total. The molecule has 1 atom stereocenters. The van der Waals surface area contributed by atoms with Crippen LogP contribution in [0.5, 0.6) is 0 Å². The molecule has 1 rings (SSSR count). The molecule has 1 aromatic rings. The molecule has 0 aromatic carbocycles. The van der Waals surface area contributed by atoms with Gasteiger partial charge in [0.15, 0.2) is 0 Å². The van der Waals surface area contributed by atoms with Gasteiger partial charge in [-0.3, -0.25) is 4.68 Å². The third kappa shape index (κ3) is 1.58. The van der Waals surface area contributed by atoms with E-state index in [4.69, 9.17) is 5.73 Å². The second-order valence-electron chi connectivity index (χ2n) is 2.91. The van der Waals surface area contributed by atoms with Crippen molar-refractivity contribution in [3.63, 3.8) is 0 Å². The number of aliphatic hydroxyl groups excluding tert-OH is 1.